The second-order valence-electron chi connectivity index (χ2n) is 3.50. The smallest absolute Gasteiger partial charge is 0.123 e. The fraction of sp³-hybridized carbons (Fsp3) is 0.500. The molecule has 1 aromatic rings. The van der Waals surface area contributed by atoms with E-state index >= 15 is 0 Å². The van der Waals surface area contributed by atoms with E-state index < -0.39 is 0 Å². The zero-order chi connectivity index (χ0) is 12.5. The predicted octanol–water partition coefficient (Wildman–Crippen LogP) is 0.970. The summed E-state index contributed by atoms with van der Waals surface area (Å²) >= 11 is 4.31. The molecule has 0 aliphatic rings. The van der Waals surface area contributed by atoms with E-state index in [1.54, 1.807) is 0 Å². The lowest BCUT2D eigenvalue weighted by Crippen LogP contribution is -2.38. The van der Waals surface area contributed by atoms with Gasteiger partial charge in [0.05, 0.1) is 13.2 Å². The van der Waals surface area contributed by atoms with Gasteiger partial charge in [-0.25, -0.2) is 0 Å². The van der Waals surface area contributed by atoms with Crippen molar-refractivity contribution < 1.29 is 9.84 Å². The van der Waals surface area contributed by atoms with Crippen LogP contribution in [0.25, 0.3) is 0 Å². The van der Waals surface area contributed by atoms with Crippen LogP contribution in [0, 0.1) is 0 Å². The summed E-state index contributed by atoms with van der Waals surface area (Å²) in [7, 11) is 0. The molecule has 0 heterocycles. The first-order valence-corrected chi connectivity index (χ1v) is 6.26. The molecular weight excluding hydrogens is 236 g/mol. The molecule has 0 radical (unpaired) electrons. The van der Waals surface area contributed by atoms with Crippen LogP contribution >= 0.6 is 12.6 Å². The van der Waals surface area contributed by atoms with Crippen LogP contribution in [-0.2, 0) is 6.54 Å². The molecular formula is C12H20N2O2S. The first-order chi connectivity index (χ1) is 8.27. The molecule has 0 saturated carbocycles. The third-order valence-electron chi connectivity index (χ3n) is 2.21. The normalized spacial score (nSPS) is 12.4. The van der Waals surface area contributed by atoms with Crippen LogP contribution < -0.4 is 15.4 Å². The highest BCUT2D eigenvalue weighted by atomic mass is 32.1. The second-order valence-corrected chi connectivity index (χ2v) is 4.02. The Balaban J connectivity index is 2.44. The molecule has 0 aromatic heterocycles. The molecule has 0 bridgehead atoms. The summed E-state index contributed by atoms with van der Waals surface area (Å²) in [5.41, 5.74) is 0.955. The number of para-hydroxylation sites is 1. The van der Waals surface area contributed by atoms with Crippen molar-refractivity contribution in [2.45, 2.75) is 19.0 Å². The van der Waals surface area contributed by atoms with Crippen molar-refractivity contribution in [2.75, 3.05) is 19.8 Å². The van der Waals surface area contributed by atoms with Crippen molar-refractivity contribution in [3.05, 3.63) is 29.8 Å². The summed E-state index contributed by atoms with van der Waals surface area (Å²) in [6.07, 6.45) is 0. The number of ether oxygens (including phenoxy) is 1. The lowest BCUT2D eigenvalue weighted by atomic mass is 10.2. The van der Waals surface area contributed by atoms with Gasteiger partial charge in [0.2, 0.25) is 0 Å². The first-order valence-electron chi connectivity index (χ1n) is 5.74. The molecule has 5 heteroatoms. The van der Waals surface area contributed by atoms with Crippen LogP contribution in [0.2, 0.25) is 0 Å². The van der Waals surface area contributed by atoms with Gasteiger partial charge in [0, 0.05) is 18.7 Å². The molecule has 1 aromatic carbocycles. The topological polar surface area (TPSA) is 53.5 Å². The van der Waals surface area contributed by atoms with Crippen molar-refractivity contribution in [3.63, 3.8) is 0 Å². The molecule has 0 aliphatic heterocycles. The number of aliphatic hydroxyl groups is 1. The molecule has 96 valence electrons. The Labute approximate surface area is 108 Å². The Morgan fingerprint density at radius 2 is 2.12 bits per heavy atom. The molecule has 0 fully saturated rings. The summed E-state index contributed by atoms with van der Waals surface area (Å²) in [6, 6.07) is 7.91. The molecule has 3 N–H and O–H groups in total. The Bertz CT molecular complexity index is 323. The average Bonchev–Trinajstić information content (AvgIpc) is 2.35. The Morgan fingerprint density at radius 1 is 1.35 bits per heavy atom. The highest BCUT2D eigenvalue weighted by Crippen LogP contribution is 2.17. The molecule has 0 aliphatic carbocycles. The highest BCUT2D eigenvalue weighted by molar-refractivity contribution is 7.80. The third kappa shape index (κ3) is 5.41. The predicted molar refractivity (Wildman–Crippen MR) is 72.3 cm³/mol. The van der Waals surface area contributed by atoms with E-state index in [2.05, 4.69) is 23.3 Å². The fourth-order valence-electron chi connectivity index (χ4n) is 1.43. The van der Waals surface area contributed by atoms with E-state index in [-0.39, 0.29) is 12.1 Å². The number of hydrogen-bond donors (Lipinski definition) is 4. The average molecular weight is 256 g/mol. The Morgan fingerprint density at radius 3 is 2.82 bits per heavy atom. The molecule has 1 atom stereocenters. The lowest BCUT2D eigenvalue weighted by Gasteiger charge is -2.16. The van der Waals surface area contributed by atoms with Gasteiger partial charge < -0.3 is 9.84 Å². The Kier molecular flexibility index (Phi) is 7.04. The molecule has 1 rings (SSSR count). The van der Waals surface area contributed by atoms with Crippen LogP contribution in [0.15, 0.2) is 24.3 Å². The highest BCUT2D eigenvalue weighted by Gasteiger charge is 2.04. The van der Waals surface area contributed by atoms with Crippen LogP contribution in [0.1, 0.15) is 12.5 Å². The zero-order valence-electron chi connectivity index (χ0n) is 10.0. The van der Waals surface area contributed by atoms with Crippen molar-refractivity contribution >= 4 is 12.6 Å². The summed E-state index contributed by atoms with van der Waals surface area (Å²) < 4.78 is 5.53. The number of rotatable bonds is 8. The van der Waals surface area contributed by atoms with Crippen molar-refractivity contribution in [1.29, 1.82) is 0 Å². The number of benzene rings is 1. The van der Waals surface area contributed by atoms with E-state index in [1.165, 1.54) is 0 Å². The summed E-state index contributed by atoms with van der Waals surface area (Å²) in [6.45, 7) is 3.92. The molecule has 0 amide bonds. The fourth-order valence-corrected chi connectivity index (χ4v) is 1.65. The number of thiol groups is 1. The monoisotopic (exact) mass is 256 g/mol. The van der Waals surface area contributed by atoms with Crippen molar-refractivity contribution in [3.8, 4) is 5.75 Å². The van der Waals surface area contributed by atoms with Gasteiger partial charge in [-0.1, -0.05) is 18.2 Å². The maximum absolute atomic E-state index is 8.67. The van der Waals surface area contributed by atoms with E-state index in [0.29, 0.717) is 19.7 Å². The van der Waals surface area contributed by atoms with Gasteiger partial charge in [0.1, 0.15) is 11.2 Å². The van der Waals surface area contributed by atoms with E-state index in [4.69, 9.17) is 9.84 Å². The van der Waals surface area contributed by atoms with Gasteiger partial charge in [-0.15, -0.1) is 12.6 Å². The standard InChI is InChI=1S/C12H20N2O2S/c1-2-16-11-6-4-3-5-10(11)9-14-12(17)13-7-8-15/h3-6,12-15,17H,2,7-9H2,1H3. The van der Waals surface area contributed by atoms with Gasteiger partial charge in [0.25, 0.3) is 0 Å². The third-order valence-corrected chi connectivity index (χ3v) is 2.57. The molecule has 0 spiro atoms. The van der Waals surface area contributed by atoms with Crippen LogP contribution in [0.5, 0.6) is 5.75 Å². The van der Waals surface area contributed by atoms with Gasteiger partial charge in [-0.3, -0.25) is 10.6 Å². The maximum Gasteiger partial charge on any atom is 0.123 e. The first kappa shape index (κ1) is 14.3. The molecule has 0 saturated heterocycles. The Hall–Kier alpha value is -0.750. The van der Waals surface area contributed by atoms with Crippen LogP contribution in [0.3, 0.4) is 0 Å². The lowest BCUT2D eigenvalue weighted by molar-refractivity contribution is 0.287. The minimum atomic E-state index is -0.142. The molecule has 17 heavy (non-hydrogen) atoms. The van der Waals surface area contributed by atoms with Gasteiger partial charge in [-0.2, -0.15) is 0 Å². The van der Waals surface area contributed by atoms with Gasteiger partial charge in [-0.05, 0) is 13.0 Å². The van der Waals surface area contributed by atoms with Crippen molar-refractivity contribution in [1.82, 2.24) is 10.6 Å². The van der Waals surface area contributed by atoms with E-state index in [9.17, 15) is 0 Å². The second kappa shape index (κ2) is 8.36. The van der Waals surface area contributed by atoms with Crippen molar-refractivity contribution in [2.24, 2.45) is 0 Å². The largest absolute Gasteiger partial charge is 0.494 e. The number of nitrogens with one attached hydrogen (secondary N) is 2. The quantitative estimate of drug-likeness (QED) is 0.413. The summed E-state index contributed by atoms with van der Waals surface area (Å²) in [5, 5.41) is 14.9. The van der Waals surface area contributed by atoms with Gasteiger partial charge >= 0.3 is 0 Å². The number of aliphatic hydroxyl groups excluding tert-OH is 1. The van der Waals surface area contributed by atoms with E-state index in [1.807, 2.05) is 31.2 Å². The maximum atomic E-state index is 8.67. The molecule has 1 unspecified atom stereocenters. The van der Waals surface area contributed by atoms with Gasteiger partial charge in [0.15, 0.2) is 0 Å². The summed E-state index contributed by atoms with van der Waals surface area (Å²) in [5.74, 6) is 0.894. The van der Waals surface area contributed by atoms with Crippen LogP contribution in [0.4, 0.5) is 0 Å². The molecule has 4 nitrogen and oxygen atoms in total. The minimum Gasteiger partial charge on any atom is -0.494 e. The summed E-state index contributed by atoms with van der Waals surface area (Å²) in [4.78, 5) is 0. The van der Waals surface area contributed by atoms with Crippen LogP contribution in [-0.4, -0.2) is 30.4 Å². The zero-order valence-corrected chi connectivity index (χ0v) is 10.9. The minimum absolute atomic E-state index is 0.105. The SMILES string of the molecule is CCOc1ccccc1CNC(S)NCCO. The van der Waals surface area contributed by atoms with E-state index in [0.717, 1.165) is 11.3 Å². The number of hydrogen-bond acceptors (Lipinski definition) is 5.